The van der Waals surface area contributed by atoms with E-state index in [0.717, 1.165) is 31.4 Å². The van der Waals surface area contributed by atoms with Crippen molar-refractivity contribution >= 4 is 29.0 Å². The predicted molar refractivity (Wildman–Crippen MR) is 113 cm³/mol. The zero-order chi connectivity index (χ0) is 19.8. The van der Waals surface area contributed by atoms with Crippen LogP contribution in [-0.2, 0) is 4.79 Å². The molecule has 0 heterocycles. The molecule has 6 heteroatoms. The second kappa shape index (κ2) is 9.37. The van der Waals surface area contributed by atoms with Gasteiger partial charge >= 0.3 is 6.03 Å². The van der Waals surface area contributed by atoms with Crippen molar-refractivity contribution < 1.29 is 9.59 Å². The minimum atomic E-state index is -0.315. The lowest BCUT2D eigenvalue weighted by molar-refractivity contribution is -0.118. The van der Waals surface area contributed by atoms with Crippen LogP contribution in [0.2, 0.25) is 0 Å². The van der Waals surface area contributed by atoms with E-state index in [1.165, 1.54) is 6.42 Å². The fourth-order valence-corrected chi connectivity index (χ4v) is 3.75. The van der Waals surface area contributed by atoms with Crippen molar-refractivity contribution in [2.24, 2.45) is 11.1 Å². The van der Waals surface area contributed by atoms with Gasteiger partial charge in [0.2, 0.25) is 5.91 Å². The minimum Gasteiger partial charge on any atom is -0.330 e. The molecule has 1 aliphatic carbocycles. The summed E-state index contributed by atoms with van der Waals surface area (Å²) in [6.07, 6.45) is 6.04. The highest BCUT2D eigenvalue weighted by molar-refractivity contribution is 6.00. The van der Waals surface area contributed by atoms with E-state index in [0.29, 0.717) is 24.3 Å². The Balaban J connectivity index is 1.51. The van der Waals surface area contributed by atoms with Crippen LogP contribution in [0.3, 0.4) is 0 Å². The second-order valence-electron chi connectivity index (χ2n) is 7.51. The first-order valence-corrected chi connectivity index (χ1v) is 9.82. The van der Waals surface area contributed by atoms with Gasteiger partial charge < -0.3 is 21.7 Å². The highest BCUT2D eigenvalue weighted by atomic mass is 16.2. The first-order valence-electron chi connectivity index (χ1n) is 9.82. The van der Waals surface area contributed by atoms with E-state index in [1.807, 2.05) is 30.3 Å². The van der Waals surface area contributed by atoms with Gasteiger partial charge in [-0.25, -0.2) is 4.79 Å². The molecule has 0 radical (unpaired) electrons. The minimum absolute atomic E-state index is 0.00474. The smallest absolute Gasteiger partial charge is 0.323 e. The van der Waals surface area contributed by atoms with Crippen molar-refractivity contribution in [2.45, 2.75) is 38.5 Å². The molecule has 1 saturated carbocycles. The van der Waals surface area contributed by atoms with Crippen LogP contribution in [0.15, 0.2) is 54.6 Å². The SMILES string of the molecule is NCC1(CC(=O)Nc2ccc(NC(=O)Nc3ccccc3)cc2)CCCCC1. The van der Waals surface area contributed by atoms with Crippen LogP contribution in [0, 0.1) is 5.41 Å². The van der Waals surface area contributed by atoms with Crippen molar-refractivity contribution in [3.8, 4) is 0 Å². The van der Waals surface area contributed by atoms with E-state index in [4.69, 9.17) is 5.73 Å². The summed E-state index contributed by atoms with van der Waals surface area (Å²) >= 11 is 0. The molecule has 0 spiro atoms. The topological polar surface area (TPSA) is 96.2 Å². The third kappa shape index (κ3) is 5.57. The van der Waals surface area contributed by atoms with Gasteiger partial charge in [-0.15, -0.1) is 0 Å². The number of rotatable bonds is 6. The van der Waals surface area contributed by atoms with Gasteiger partial charge in [-0.1, -0.05) is 37.5 Å². The molecule has 3 amide bonds. The maximum absolute atomic E-state index is 12.5. The normalized spacial score (nSPS) is 15.5. The number of benzene rings is 2. The summed E-state index contributed by atoms with van der Waals surface area (Å²) in [4.78, 5) is 24.5. The number of nitrogens with one attached hydrogen (secondary N) is 3. The predicted octanol–water partition coefficient (Wildman–Crippen LogP) is 4.57. The van der Waals surface area contributed by atoms with Crippen LogP contribution in [0.5, 0.6) is 0 Å². The molecule has 3 rings (SSSR count). The van der Waals surface area contributed by atoms with Crippen molar-refractivity contribution in [1.29, 1.82) is 0 Å². The number of hydrogen-bond acceptors (Lipinski definition) is 3. The Hall–Kier alpha value is -2.86. The first-order chi connectivity index (χ1) is 13.6. The van der Waals surface area contributed by atoms with E-state index in [1.54, 1.807) is 24.3 Å². The Kier molecular flexibility index (Phi) is 6.66. The van der Waals surface area contributed by atoms with Crippen LogP contribution >= 0.6 is 0 Å². The van der Waals surface area contributed by atoms with Crippen molar-refractivity contribution in [3.63, 3.8) is 0 Å². The number of urea groups is 1. The lowest BCUT2D eigenvalue weighted by atomic mass is 9.71. The molecular formula is C22H28N4O2. The maximum atomic E-state index is 12.5. The summed E-state index contributed by atoms with van der Waals surface area (Å²) in [5.41, 5.74) is 8.00. The molecule has 2 aromatic rings. The molecule has 6 nitrogen and oxygen atoms in total. The molecule has 0 saturated heterocycles. The molecule has 0 aliphatic heterocycles. The van der Waals surface area contributed by atoms with Gasteiger partial charge in [-0.05, 0) is 61.2 Å². The van der Waals surface area contributed by atoms with Crippen LogP contribution in [-0.4, -0.2) is 18.5 Å². The molecule has 1 aliphatic rings. The molecular weight excluding hydrogens is 352 g/mol. The zero-order valence-electron chi connectivity index (χ0n) is 16.0. The molecule has 28 heavy (non-hydrogen) atoms. The zero-order valence-corrected chi connectivity index (χ0v) is 16.0. The Bertz CT molecular complexity index is 784. The van der Waals surface area contributed by atoms with Gasteiger partial charge in [0.05, 0.1) is 0 Å². The number of carbonyl (C=O) groups is 2. The van der Waals surface area contributed by atoms with Crippen LogP contribution in [0.4, 0.5) is 21.9 Å². The second-order valence-corrected chi connectivity index (χ2v) is 7.51. The monoisotopic (exact) mass is 380 g/mol. The number of anilines is 3. The molecule has 0 aromatic heterocycles. The summed E-state index contributed by atoms with van der Waals surface area (Å²) in [6, 6.07) is 16.0. The molecule has 0 bridgehead atoms. The molecule has 0 atom stereocenters. The Morgan fingerprint density at radius 1 is 0.786 bits per heavy atom. The Labute approximate surface area is 165 Å². The summed E-state index contributed by atoms with van der Waals surface area (Å²) < 4.78 is 0. The van der Waals surface area contributed by atoms with Gasteiger partial charge in [0, 0.05) is 23.5 Å². The third-order valence-electron chi connectivity index (χ3n) is 5.34. The van der Waals surface area contributed by atoms with Gasteiger partial charge in [-0.2, -0.15) is 0 Å². The Morgan fingerprint density at radius 2 is 1.32 bits per heavy atom. The lowest BCUT2D eigenvalue weighted by Gasteiger charge is -2.35. The quantitative estimate of drug-likeness (QED) is 0.591. The highest BCUT2D eigenvalue weighted by Gasteiger charge is 2.32. The highest BCUT2D eigenvalue weighted by Crippen LogP contribution is 2.38. The fraction of sp³-hybridized carbons (Fsp3) is 0.364. The van der Waals surface area contributed by atoms with E-state index >= 15 is 0 Å². The number of hydrogen-bond donors (Lipinski definition) is 4. The standard InChI is InChI=1S/C22H28N4O2/c23-16-22(13-5-2-6-14-22)15-20(27)24-18-9-11-19(12-10-18)26-21(28)25-17-7-3-1-4-8-17/h1,3-4,7-12H,2,5-6,13-16,23H2,(H,24,27)(H2,25,26,28). The number of para-hydroxylation sites is 1. The number of amides is 3. The fourth-order valence-electron chi connectivity index (χ4n) is 3.75. The maximum Gasteiger partial charge on any atom is 0.323 e. The van der Waals surface area contributed by atoms with Crippen molar-refractivity contribution in [1.82, 2.24) is 0 Å². The molecule has 0 unspecified atom stereocenters. The average molecular weight is 380 g/mol. The molecule has 148 valence electrons. The van der Waals surface area contributed by atoms with Crippen molar-refractivity contribution in [2.75, 3.05) is 22.5 Å². The van der Waals surface area contributed by atoms with Gasteiger partial charge in [0.1, 0.15) is 0 Å². The van der Waals surface area contributed by atoms with E-state index in [-0.39, 0.29) is 17.4 Å². The average Bonchev–Trinajstić information content (AvgIpc) is 2.71. The van der Waals surface area contributed by atoms with Gasteiger partial charge in [0.15, 0.2) is 0 Å². The summed E-state index contributed by atoms with van der Waals surface area (Å²) in [7, 11) is 0. The summed E-state index contributed by atoms with van der Waals surface area (Å²) in [5.74, 6) is -0.00474. The summed E-state index contributed by atoms with van der Waals surface area (Å²) in [5, 5.41) is 8.48. The van der Waals surface area contributed by atoms with Gasteiger partial charge in [-0.3, -0.25) is 4.79 Å². The van der Waals surface area contributed by atoms with Gasteiger partial charge in [0.25, 0.3) is 0 Å². The largest absolute Gasteiger partial charge is 0.330 e. The van der Waals surface area contributed by atoms with E-state index in [2.05, 4.69) is 16.0 Å². The first kappa shape index (κ1) is 19.9. The number of nitrogens with two attached hydrogens (primary N) is 1. The number of carbonyl (C=O) groups excluding carboxylic acids is 2. The lowest BCUT2D eigenvalue weighted by Crippen LogP contribution is -2.36. The van der Waals surface area contributed by atoms with Crippen molar-refractivity contribution in [3.05, 3.63) is 54.6 Å². The summed E-state index contributed by atoms with van der Waals surface area (Å²) in [6.45, 7) is 0.555. The molecule has 5 N–H and O–H groups in total. The third-order valence-corrected chi connectivity index (χ3v) is 5.34. The van der Waals surface area contributed by atoms with Crippen LogP contribution in [0.25, 0.3) is 0 Å². The van der Waals surface area contributed by atoms with E-state index in [9.17, 15) is 9.59 Å². The molecule has 2 aromatic carbocycles. The molecule has 1 fully saturated rings. The van der Waals surface area contributed by atoms with Crippen LogP contribution in [0.1, 0.15) is 38.5 Å². The van der Waals surface area contributed by atoms with Crippen LogP contribution < -0.4 is 21.7 Å². The van der Waals surface area contributed by atoms with E-state index < -0.39 is 0 Å². The Morgan fingerprint density at radius 3 is 1.89 bits per heavy atom.